The average molecular weight is 338 g/mol. The number of rotatable bonds is 1. The van der Waals surface area contributed by atoms with Crippen LogP contribution in [-0.2, 0) is 12.4 Å². The summed E-state index contributed by atoms with van der Waals surface area (Å²) in [6, 6.07) is 0.915. The van der Waals surface area contributed by atoms with Gasteiger partial charge in [0.25, 0.3) is 5.69 Å². The lowest BCUT2D eigenvalue weighted by Crippen LogP contribution is -2.19. The van der Waals surface area contributed by atoms with Crippen molar-refractivity contribution in [3.8, 4) is 0 Å². The average Bonchev–Trinajstić information content (AvgIpc) is 2.13. The Balaban J connectivity index is 3.79. The highest BCUT2D eigenvalue weighted by Gasteiger charge is 2.49. The molecule has 0 heterocycles. The number of nitrogens with zero attached hydrogens (tertiary/aromatic N) is 1. The van der Waals surface area contributed by atoms with E-state index in [1.54, 1.807) is 0 Å². The van der Waals surface area contributed by atoms with Gasteiger partial charge in [-0.05, 0) is 6.07 Å². The van der Waals surface area contributed by atoms with Crippen molar-refractivity contribution in [2.45, 2.75) is 12.4 Å². The van der Waals surface area contributed by atoms with Crippen LogP contribution in [0.25, 0.3) is 0 Å². The van der Waals surface area contributed by atoms with Gasteiger partial charge in [-0.3, -0.25) is 10.1 Å². The van der Waals surface area contributed by atoms with Crippen LogP contribution in [0, 0.1) is 10.1 Å². The van der Waals surface area contributed by atoms with Crippen LogP contribution < -0.4 is 0 Å². The summed E-state index contributed by atoms with van der Waals surface area (Å²) in [5.74, 6) is 0. The molecule has 100 valence electrons. The number of alkyl halides is 6. The number of hydrogen-bond acceptors (Lipinski definition) is 2. The van der Waals surface area contributed by atoms with E-state index in [0.29, 0.717) is 12.1 Å². The maximum Gasteiger partial charge on any atom is 0.423 e. The Hall–Kier alpha value is -1.32. The quantitative estimate of drug-likeness (QED) is 0.433. The Morgan fingerprint density at radius 2 is 1.44 bits per heavy atom. The van der Waals surface area contributed by atoms with Crippen LogP contribution in [0.5, 0.6) is 0 Å². The number of halogens is 7. The van der Waals surface area contributed by atoms with Gasteiger partial charge in [0.15, 0.2) is 0 Å². The molecule has 0 N–H and O–H groups in total. The van der Waals surface area contributed by atoms with Gasteiger partial charge in [-0.1, -0.05) is 15.9 Å². The molecule has 0 unspecified atom stereocenters. The van der Waals surface area contributed by atoms with Gasteiger partial charge < -0.3 is 0 Å². The van der Waals surface area contributed by atoms with Gasteiger partial charge in [0.2, 0.25) is 0 Å². The summed E-state index contributed by atoms with van der Waals surface area (Å²) in [6.07, 6.45) is -10.9. The van der Waals surface area contributed by atoms with Crippen LogP contribution in [0.4, 0.5) is 32.0 Å². The fraction of sp³-hybridized carbons (Fsp3) is 0.250. The molecule has 0 saturated heterocycles. The largest absolute Gasteiger partial charge is 0.423 e. The van der Waals surface area contributed by atoms with Crippen molar-refractivity contribution in [2.75, 3.05) is 0 Å². The van der Waals surface area contributed by atoms with Gasteiger partial charge in [-0.2, -0.15) is 26.3 Å². The first-order valence-electron chi connectivity index (χ1n) is 4.07. The van der Waals surface area contributed by atoms with E-state index < -0.39 is 38.6 Å². The topological polar surface area (TPSA) is 43.1 Å². The second-order valence-corrected chi connectivity index (χ2v) is 3.92. The smallest absolute Gasteiger partial charge is 0.258 e. The summed E-state index contributed by atoms with van der Waals surface area (Å²) in [5.41, 5.74) is -6.06. The van der Waals surface area contributed by atoms with Gasteiger partial charge in [-0.25, -0.2) is 0 Å². The van der Waals surface area contributed by atoms with Gasteiger partial charge in [0, 0.05) is 10.5 Å². The molecule has 0 aliphatic heterocycles. The van der Waals surface area contributed by atoms with Gasteiger partial charge in [-0.15, -0.1) is 0 Å². The highest BCUT2D eigenvalue weighted by molar-refractivity contribution is 9.10. The molecule has 0 aliphatic carbocycles. The lowest BCUT2D eigenvalue weighted by atomic mass is 10.0. The number of hydrogen-bond donors (Lipinski definition) is 0. The molecule has 10 heteroatoms. The van der Waals surface area contributed by atoms with Crippen molar-refractivity contribution in [1.82, 2.24) is 0 Å². The molecular weight excluding hydrogens is 336 g/mol. The van der Waals surface area contributed by atoms with E-state index in [1.807, 2.05) is 0 Å². The Morgan fingerprint density at radius 1 is 1.00 bits per heavy atom. The van der Waals surface area contributed by atoms with Crippen LogP contribution in [0.2, 0.25) is 0 Å². The molecular formula is C8H2BrF6NO2. The third kappa shape index (κ3) is 2.74. The molecule has 0 radical (unpaired) electrons. The zero-order valence-corrected chi connectivity index (χ0v) is 9.65. The summed E-state index contributed by atoms with van der Waals surface area (Å²) in [6.45, 7) is 0. The summed E-state index contributed by atoms with van der Waals surface area (Å²) in [7, 11) is 0. The fourth-order valence-corrected chi connectivity index (χ4v) is 1.84. The third-order valence-corrected chi connectivity index (χ3v) is 2.56. The Bertz CT molecular complexity index is 496. The van der Waals surface area contributed by atoms with E-state index >= 15 is 0 Å². The number of nitro benzene ring substituents is 1. The molecule has 1 aromatic rings. The zero-order chi connectivity index (χ0) is 14.3. The summed E-state index contributed by atoms with van der Waals surface area (Å²) >= 11 is 2.32. The molecule has 0 fully saturated rings. The highest BCUT2D eigenvalue weighted by Crippen LogP contribution is 2.47. The van der Waals surface area contributed by atoms with E-state index in [1.165, 1.54) is 0 Å². The van der Waals surface area contributed by atoms with Crippen molar-refractivity contribution >= 4 is 21.6 Å². The van der Waals surface area contributed by atoms with Gasteiger partial charge >= 0.3 is 12.4 Å². The van der Waals surface area contributed by atoms with E-state index in [-0.39, 0.29) is 0 Å². The van der Waals surface area contributed by atoms with Gasteiger partial charge in [0.1, 0.15) is 5.56 Å². The highest BCUT2D eigenvalue weighted by atomic mass is 79.9. The molecule has 0 bridgehead atoms. The van der Waals surface area contributed by atoms with E-state index in [2.05, 4.69) is 15.9 Å². The lowest BCUT2D eigenvalue weighted by molar-refractivity contribution is -0.388. The predicted octanol–water partition coefficient (Wildman–Crippen LogP) is 4.39. The van der Waals surface area contributed by atoms with Crippen molar-refractivity contribution in [3.05, 3.63) is 37.8 Å². The number of benzene rings is 1. The predicted molar refractivity (Wildman–Crippen MR) is 50.8 cm³/mol. The molecule has 0 aromatic heterocycles. The molecule has 1 aromatic carbocycles. The third-order valence-electron chi connectivity index (χ3n) is 1.90. The SMILES string of the molecule is O=[N+]([O-])c1ccc(Br)c(C(F)(F)F)c1C(F)(F)F. The van der Waals surface area contributed by atoms with Crippen LogP contribution in [0.1, 0.15) is 11.1 Å². The normalized spacial score (nSPS) is 12.6. The molecule has 0 spiro atoms. The minimum absolute atomic E-state index is 0.363. The molecule has 1 rings (SSSR count). The first-order valence-corrected chi connectivity index (χ1v) is 4.87. The Morgan fingerprint density at radius 3 is 1.78 bits per heavy atom. The molecule has 0 saturated carbocycles. The Labute approximate surface area is 104 Å². The first kappa shape index (κ1) is 14.7. The van der Waals surface area contributed by atoms with Gasteiger partial charge in [0.05, 0.1) is 10.5 Å². The van der Waals surface area contributed by atoms with E-state index in [4.69, 9.17) is 0 Å². The summed E-state index contributed by atoms with van der Waals surface area (Å²) in [4.78, 5) is 8.87. The lowest BCUT2D eigenvalue weighted by Gasteiger charge is -2.16. The van der Waals surface area contributed by atoms with Crippen LogP contribution in [0.3, 0.4) is 0 Å². The standard InChI is InChI=1S/C8H2BrF6NO2/c9-3-1-2-4(16(17)18)6(8(13,14)15)5(3)7(10,11)12/h1-2H. The Kier molecular flexibility index (Phi) is 3.61. The van der Waals surface area contributed by atoms with Crippen LogP contribution in [-0.4, -0.2) is 4.92 Å². The summed E-state index contributed by atoms with van der Waals surface area (Å²) in [5, 5.41) is 10.4. The molecule has 18 heavy (non-hydrogen) atoms. The second-order valence-electron chi connectivity index (χ2n) is 3.07. The minimum atomic E-state index is -5.49. The maximum atomic E-state index is 12.6. The maximum absolute atomic E-state index is 12.6. The van der Waals surface area contributed by atoms with Crippen molar-refractivity contribution in [1.29, 1.82) is 0 Å². The van der Waals surface area contributed by atoms with E-state index in [9.17, 15) is 36.5 Å². The first-order chi connectivity index (χ1) is 7.96. The zero-order valence-electron chi connectivity index (χ0n) is 8.06. The number of nitro groups is 1. The summed E-state index contributed by atoms with van der Waals surface area (Å²) < 4.78 is 74.3. The van der Waals surface area contributed by atoms with Crippen molar-refractivity contribution < 1.29 is 31.3 Å². The fourth-order valence-electron chi connectivity index (χ4n) is 1.28. The molecule has 0 aliphatic rings. The molecule has 0 atom stereocenters. The van der Waals surface area contributed by atoms with Crippen molar-refractivity contribution in [3.63, 3.8) is 0 Å². The van der Waals surface area contributed by atoms with Crippen molar-refractivity contribution in [2.24, 2.45) is 0 Å². The van der Waals surface area contributed by atoms with Crippen LogP contribution >= 0.6 is 15.9 Å². The second kappa shape index (κ2) is 4.41. The molecule has 3 nitrogen and oxygen atoms in total. The monoisotopic (exact) mass is 337 g/mol. The van der Waals surface area contributed by atoms with E-state index in [0.717, 1.165) is 0 Å². The minimum Gasteiger partial charge on any atom is -0.258 e. The molecule has 0 amide bonds. The van der Waals surface area contributed by atoms with Crippen LogP contribution in [0.15, 0.2) is 16.6 Å².